The van der Waals surface area contributed by atoms with E-state index in [4.69, 9.17) is 0 Å². The van der Waals surface area contributed by atoms with Gasteiger partial charge >= 0.3 is 0 Å². The van der Waals surface area contributed by atoms with Crippen LogP contribution in [0.3, 0.4) is 0 Å². The van der Waals surface area contributed by atoms with E-state index < -0.39 is 0 Å². The van der Waals surface area contributed by atoms with Gasteiger partial charge in [0, 0.05) is 12.8 Å². The molecule has 2 amide bonds. The van der Waals surface area contributed by atoms with Crippen LogP contribution < -0.4 is 10.9 Å². The predicted octanol–water partition coefficient (Wildman–Crippen LogP) is 2.43. The minimum absolute atomic E-state index is 0.153. The average molecular weight is 276 g/mol. The zero-order chi connectivity index (χ0) is 15.1. The van der Waals surface area contributed by atoms with Crippen LogP contribution in [0.15, 0.2) is 18.2 Å². The van der Waals surface area contributed by atoms with E-state index in [2.05, 4.69) is 23.0 Å². The molecule has 20 heavy (non-hydrogen) atoms. The molecule has 110 valence electrons. The zero-order valence-electron chi connectivity index (χ0n) is 12.7. The summed E-state index contributed by atoms with van der Waals surface area (Å²) in [5, 5.41) is 0. The number of amides is 2. The van der Waals surface area contributed by atoms with Gasteiger partial charge in [-0.1, -0.05) is 37.6 Å². The normalized spacial score (nSPS) is 10.4. The predicted molar refractivity (Wildman–Crippen MR) is 80.0 cm³/mol. The summed E-state index contributed by atoms with van der Waals surface area (Å²) in [6.45, 7) is 8.02. The summed E-state index contributed by atoms with van der Waals surface area (Å²) in [7, 11) is 0. The maximum absolute atomic E-state index is 11.7. The lowest BCUT2D eigenvalue weighted by molar-refractivity contribution is -0.129. The fraction of sp³-hybridized carbons (Fsp3) is 0.500. The van der Waals surface area contributed by atoms with Gasteiger partial charge in [-0.3, -0.25) is 20.4 Å². The van der Waals surface area contributed by atoms with Crippen molar-refractivity contribution in [1.82, 2.24) is 10.9 Å². The molecule has 0 saturated carbocycles. The van der Waals surface area contributed by atoms with E-state index in [0.717, 1.165) is 0 Å². The van der Waals surface area contributed by atoms with Gasteiger partial charge in [0.1, 0.15) is 0 Å². The van der Waals surface area contributed by atoms with Crippen LogP contribution in [0.2, 0.25) is 0 Å². The van der Waals surface area contributed by atoms with Gasteiger partial charge in [-0.15, -0.1) is 0 Å². The Hall–Kier alpha value is -1.84. The molecule has 4 heteroatoms. The second-order valence-electron chi connectivity index (χ2n) is 5.62. The molecule has 0 bridgehead atoms. The van der Waals surface area contributed by atoms with Gasteiger partial charge in [0.15, 0.2) is 0 Å². The first-order valence-corrected chi connectivity index (χ1v) is 7.02. The second kappa shape index (κ2) is 7.68. The molecule has 1 rings (SSSR count). The SMILES string of the molecule is Cc1ccc(CCC(=O)NNC(=O)CC(C)C)c(C)c1. The molecule has 0 atom stereocenters. The van der Waals surface area contributed by atoms with Crippen molar-refractivity contribution in [2.75, 3.05) is 0 Å². The van der Waals surface area contributed by atoms with Crippen molar-refractivity contribution < 1.29 is 9.59 Å². The summed E-state index contributed by atoms with van der Waals surface area (Å²) in [6.07, 6.45) is 1.46. The molecule has 0 aliphatic heterocycles. The summed E-state index contributed by atoms with van der Waals surface area (Å²) >= 11 is 0. The van der Waals surface area contributed by atoms with Crippen molar-refractivity contribution in [2.24, 2.45) is 5.92 Å². The lowest BCUT2D eigenvalue weighted by Gasteiger charge is -2.10. The molecule has 0 radical (unpaired) electrons. The Balaban J connectivity index is 2.34. The van der Waals surface area contributed by atoms with Crippen molar-refractivity contribution in [3.63, 3.8) is 0 Å². The number of nitrogens with one attached hydrogen (secondary N) is 2. The summed E-state index contributed by atoms with van der Waals surface area (Å²) < 4.78 is 0. The van der Waals surface area contributed by atoms with E-state index in [0.29, 0.717) is 19.3 Å². The first-order chi connectivity index (χ1) is 9.38. The third kappa shape index (κ3) is 5.87. The monoisotopic (exact) mass is 276 g/mol. The van der Waals surface area contributed by atoms with Crippen molar-refractivity contribution in [3.8, 4) is 0 Å². The maximum Gasteiger partial charge on any atom is 0.238 e. The Labute approximate surface area is 120 Å². The van der Waals surface area contributed by atoms with E-state index in [1.165, 1.54) is 16.7 Å². The molecule has 0 fully saturated rings. The molecule has 0 heterocycles. The van der Waals surface area contributed by atoms with Gasteiger partial charge < -0.3 is 0 Å². The lowest BCUT2D eigenvalue weighted by Crippen LogP contribution is -2.42. The Bertz CT molecular complexity index is 481. The number of aryl methyl sites for hydroxylation is 3. The standard InChI is InChI=1S/C16H24N2O2/c1-11(2)9-16(20)18-17-15(19)8-7-14-6-5-12(3)10-13(14)4/h5-6,10-11H,7-9H2,1-4H3,(H,17,19)(H,18,20). The number of carbonyl (C=O) groups excluding carboxylic acids is 2. The minimum Gasteiger partial charge on any atom is -0.273 e. The largest absolute Gasteiger partial charge is 0.273 e. The highest BCUT2D eigenvalue weighted by Gasteiger charge is 2.07. The van der Waals surface area contributed by atoms with Crippen LogP contribution in [0.25, 0.3) is 0 Å². The van der Waals surface area contributed by atoms with E-state index >= 15 is 0 Å². The highest BCUT2D eigenvalue weighted by atomic mass is 16.2. The van der Waals surface area contributed by atoms with E-state index in [1.54, 1.807) is 0 Å². The molecule has 2 N–H and O–H groups in total. The van der Waals surface area contributed by atoms with Crippen LogP contribution in [0.5, 0.6) is 0 Å². The molecule has 0 aromatic heterocycles. The molecule has 1 aromatic carbocycles. The second-order valence-corrected chi connectivity index (χ2v) is 5.62. The molecule has 1 aromatic rings. The number of benzene rings is 1. The number of rotatable bonds is 5. The lowest BCUT2D eigenvalue weighted by atomic mass is 10.0. The van der Waals surface area contributed by atoms with E-state index in [9.17, 15) is 9.59 Å². The zero-order valence-corrected chi connectivity index (χ0v) is 12.7. The highest BCUT2D eigenvalue weighted by Crippen LogP contribution is 2.12. The fourth-order valence-corrected chi connectivity index (χ4v) is 2.00. The van der Waals surface area contributed by atoms with Crippen LogP contribution in [0.4, 0.5) is 0 Å². The third-order valence-electron chi connectivity index (χ3n) is 3.05. The molecular formula is C16H24N2O2. The molecule has 0 spiro atoms. The molecule has 0 aliphatic rings. The number of hydrogen-bond donors (Lipinski definition) is 2. The number of hydrazine groups is 1. The average Bonchev–Trinajstić information content (AvgIpc) is 2.34. The summed E-state index contributed by atoms with van der Waals surface area (Å²) in [5.41, 5.74) is 8.47. The third-order valence-corrected chi connectivity index (χ3v) is 3.05. The van der Waals surface area contributed by atoms with Crippen LogP contribution in [-0.4, -0.2) is 11.8 Å². The molecule has 0 aliphatic carbocycles. The van der Waals surface area contributed by atoms with Gasteiger partial charge in [-0.05, 0) is 37.3 Å². The van der Waals surface area contributed by atoms with Crippen LogP contribution in [0.1, 0.15) is 43.4 Å². The first-order valence-electron chi connectivity index (χ1n) is 7.02. The van der Waals surface area contributed by atoms with Gasteiger partial charge in [0.05, 0.1) is 0 Å². The fourth-order valence-electron chi connectivity index (χ4n) is 2.00. The maximum atomic E-state index is 11.7. The Kier molecular flexibility index (Phi) is 6.22. The number of carbonyl (C=O) groups is 2. The van der Waals surface area contributed by atoms with E-state index in [1.807, 2.05) is 33.8 Å². The Morgan fingerprint density at radius 1 is 1.10 bits per heavy atom. The summed E-state index contributed by atoms with van der Waals surface area (Å²) in [5.74, 6) is -0.0379. The van der Waals surface area contributed by atoms with E-state index in [-0.39, 0.29) is 17.7 Å². The summed E-state index contributed by atoms with van der Waals surface area (Å²) in [4.78, 5) is 23.1. The first kappa shape index (κ1) is 16.2. The quantitative estimate of drug-likeness (QED) is 0.811. The molecule has 0 saturated heterocycles. The van der Waals surface area contributed by atoms with Crippen molar-refractivity contribution in [1.29, 1.82) is 0 Å². The smallest absolute Gasteiger partial charge is 0.238 e. The Morgan fingerprint density at radius 2 is 1.75 bits per heavy atom. The van der Waals surface area contributed by atoms with Gasteiger partial charge in [0.2, 0.25) is 11.8 Å². The van der Waals surface area contributed by atoms with Crippen LogP contribution >= 0.6 is 0 Å². The highest BCUT2D eigenvalue weighted by molar-refractivity contribution is 5.82. The van der Waals surface area contributed by atoms with Crippen LogP contribution in [-0.2, 0) is 16.0 Å². The van der Waals surface area contributed by atoms with Crippen molar-refractivity contribution >= 4 is 11.8 Å². The van der Waals surface area contributed by atoms with Crippen molar-refractivity contribution in [2.45, 2.75) is 47.0 Å². The van der Waals surface area contributed by atoms with Crippen LogP contribution in [0, 0.1) is 19.8 Å². The molecule has 4 nitrogen and oxygen atoms in total. The molecule has 0 unspecified atom stereocenters. The van der Waals surface area contributed by atoms with Gasteiger partial charge in [0.25, 0.3) is 0 Å². The number of hydrogen-bond acceptors (Lipinski definition) is 2. The van der Waals surface area contributed by atoms with Gasteiger partial charge in [-0.25, -0.2) is 0 Å². The van der Waals surface area contributed by atoms with Crippen molar-refractivity contribution in [3.05, 3.63) is 34.9 Å². The summed E-state index contributed by atoms with van der Waals surface area (Å²) in [6, 6.07) is 6.21. The Morgan fingerprint density at radius 3 is 2.35 bits per heavy atom. The molecular weight excluding hydrogens is 252 g/mol. The topological polar surface area (TPSA) is 58.2 Å². The minimum atomic E-state index is -0.165. The van der Waals surface area contributed by atoms with Gasteiger partial charge in [-0.2, -0.15) is 0 Å².